The molecule has 0 spiro atoms. The summed E-state index contributed by atoms with van der Waals surface area (Å²) in [6, 6.07) is 25.3. The van der Waals surface area contributed by atoms with Gasteiger partial charge in [-0.1, -0.05) is 30.3 Å². The number of hydrogen-bond donors (Lipinski definition) is 0. The van der Waals surface area contributed by atoms with E-state index in [-0.39, 0.29) is 5.91 Å². The predicted octanol–water partition coefficient (Wildman–Crippen LogP) is 5.86. The van der Waals surface area contributed by atoms with Gasteiger partial charge in [0.1, 0.15) is 0 Å². The van der Waals surface area contributed by atoms with E-state index in [4.69, 9.17) is 9.47 Å². The van der Waals surface area contributed by atoms with Crippen LogP contribution in [0.4, 0.5) is 0 Å². The van der Waals surface area contributed by atoms with Crippen molar-refractivity contribution in [2.75, 3.05) is 13.7 Å². The first-order valence-electron chi connectivity index (χ1n) is 12.8. The molecule has 198 valence electrons. The Labute approximate surface area is 232 Å². The quantitative estimate of drug-likeness (QED) is 0.199. The van der Waals surface area contributed by atoms with Gasteiger partial charge in [0.05, 0.1) is 32.5 Å². The molecular formula is C31H30N4O3S. The number of hydrogen-bond acceptors (Lipinski definition) is 6. The van der Waals surface area contributed by atoms with E-state index in [0.717, 1.165) is 23.2 Å². The van der Waals surface area contributed by atoms with Gasteiger partial charge in [0.15, 0.2) is 11.5 Å². The van der Waals surface area contributed by atoms with Gasteiger partial charge >= 0.3 is 0 Å². The average Bonchev–Trinajstić information content (AvgIpc) is 3.68. The third kappa shape index (κ3) is 7.12. The van der Waals surface area contributed by atoms with E-state index in [1.807, 2.05) is 83.7 Å². The van der Waals surface area contributed by atoms with Crippen molar-refractivity contribution in [1.82, 2.24) is 19.7 Å². The monoisotopic (exact) mass is 538 g/mol. The molecule has 0 saturated carbocycles. The minimum Gasteiger partial charge on any atom is -0.493 e. The summed E-state index contributed by atoms with van der Waals surface area (Å²) in [4.78, 5) is 21.3. The maximum Gasteiger partial charge on any atom is 0.254 e. The van der Waals surface area contributed by atoms with Gasteiger partial charge in [0, 0.05) is 42.0 Å². The van der Waals surface area contributed by atoms with Crippen molar-refractivity contribution in [2.24, 2.45) is 0 Å². The molecule has 0 N–H and O–H groups in total. The lowest BCUT2D eigenvalue weighted by Gasteiger charge is -2.23. The zero-order valence-corrected chi connectivity index (χ0v) is 22.6. The molecule has 0 aliphatic carbocycles. The molecule has 0 unspecified atom stereocenters. The zero-order chi connectivity index (χ0) is 26.9. The SMILES string of the molecule is COc1cc(CN(Cc2ccccn2)C(=O)c2cccc(Cn3cccn3)c2)ccc1OCCc1cccs1. The lowest BCUT2D eigenvalue weighted by atomic mass is 10.1. The molecule has 3 aromatic heterocycles. The molecule has 8 heteroatoms. The molecule has 0 aliphatic heterocycles. The van der Waals surface area contributed by atoms with Crippen LogP contribution in [0.5, 0.6) is 11.5 Å². The summed E-state index contributed by atoms with van der Waals surface area (Å²) in [6.07, 6.45) is 6.24. The van der Waals surface area contributed by atoms with Crippen LogP contribution in [0.3, 0.4) is 0 Å². The van der Waals surface area contributed by atoms with E-state index in [9.17, 15) is 4.79 Å². The van der Waals surface area contributed by atoms with E-state index in [0.29, 0.717) is 43.3 Å². The van der Waals surface area contributed by atoms with Crippen molar-refractivity contribution in [1.29, 1.82) is 0 Å². The van der Waals surface area contributed by atoms with Gasteiger partial charge in [-0.05, 0) is 65.0 Å². The van der Waals surface area contributed by atoms with Gasteiger partial charge in [-0.2, -0.15) is 5.10 Å². The van der Waals surface area contributed by atoms with E-state index in [1.54, 1.807) is 35.7 Å². The molecule has 5 aromatic rings. The number of thiophene rings is 1. The van der Waals surface area contributed by atoms with Crippen LogP contribution in [0.1, 0.15) is 32.1 Å². The van der Waals surface area contributed by atoms with Crippen molar-refractivity contribution in [3.8, 4) is 11.5 Å². The van der Waals surface area contributed by atoms with E-state index in [2.05, 4.69) is 21.5 Å². The van der Waals surface area contributed by atoms with Crippen molar-refractivity contribution >= 4 is 17.2 Å². The number of pyridine rings is 1. The minimum absolute atomic E-state index is 0.0711. The van der Waals surface area contributed by atoms with Crippen molar-refractivity contribution in [3.05, 3.63) is 130 Å². The smallest absolute Gasteiger partial charge is 0.254 e. The van der Waals surface area contributed by atoms with E-state index in [1.165, 1.54) is 4.88 Å². The van der Waals surface area contributed by atoms with Crippen LogP contribution < -0.4 is 9.47 Å². The largest absolute Gasteiger partial charge is 0.493 e. The third-order valence-corrected chi connectivity index (χ3v) is 7.17. The highest BCUT2D eigenvalue weighted by Gasteiger charge is 2.19. The Bertz CT molecular complexity index is 1470. The summed E-state index contributed by atoms with van der Waals surface area (Å²) in [6.45, 7) is 1.93. The van der Waals surface area contributed by atoms with Gasteiger partial charge in [0.2, 0.25) is 0 Å². The second kappa shape index (κ2) is 12.9. The molecule has 0 atom stereocenters. The summed E-state index contributed by atoms with van der Waals surface area (Å²) in [5.74, 6) is 1.26. The van der Waals surface area contributed by atoms with Crippen LogP contribution >= 0.6 is 11.3 Å². The van der Waals surface area contributed by atoms with E-state index < -0.39 is 0 Å². The summed E-state index contributed by atoms with van der Waals surface area (Å²) >= 11 is 1.72. The maximum absolute atomic E-state index is 13.8. The Morgan fingerprint density at radius 2 is 1.87 bits per heavy atom. The summed E-state index contributed by atoms with van der Waals surface area (Å²) in [5, 5.41) is 6.35. The second-order valence-corrected chi connectivity index (χ2v) is 10.1. The topological polar surface area (TPSA) is 69.5 Å². The fourth-order valence-electron chi connectivity index (χ4n) is 4.32. The highest BCUT2D eigenvalue weighted by molar-refractivity contribution is 7.09. The third-order valence-electron chi connectivity index (χ3n) is 6.23. The number of aromatic nitrogens is 3. The molecule has 2 aromatic carbocycles. The lowest BCUT2D eigenvalue weighted by Crippen LogP contribution is -2.30. The number of nitrogens with zero attached hydrogens (tertiary/aromatic N) is 4. The van der Waals surface area contributed by atoms with Crippen LogP contribution in [-0.2, 0) is 26.1 Å². The highest BCUT2D eigenvalue weighted by atomic mass is 32.1. The molecule has 0 radical (unpaired) electrons. The summed E-state index contributed by atoms with van der Waals surface area (Å²) < 4.78 is 13.5. The lowest BCUT2D eigenvalue weighted by molar-refractivity contribution is 0.0727. The second-order valence-electron chi connectivity index (χ2n) is 9.05. The Kier molecular flexibility index (Phi) is 8.65. The minimum atomic E-state index is -0.0711. The predicted molar refractivity (Wildman–Crippen MR) is 152 cm³/mol. The average molecular weight is 539 g/mol. The van der Waals surface area contributed by atoms with Gasteiger partial charge < -0.3 is 14.4 Å². The molecule has 39 heavy (non-hydrogen) atoms. The molecule has 0 fully saturated rings. The Balaban J connectivity index is 1.34. The number of rotatable bonds is 12. The zero-order valence-electron chi connectivity index (χ0n) is 21.8. The Hall–Kier alpha value is -4.43. The van der Waals surface area contributed by atoms with Gasteiger partial charge in [-0.25, -0.2) is 0 Å². The van der Waals surface area contributed by atoms with Crippen molar-refractivity contribution < 1.29 is 14.3 Å². The summed E-state index contributed by atoms with van der Waals surface area (Å²) in [7, 11) is 1.63. The number of carbonyl (C=O) groups excluding carboxylic acids is 1. The first-order chi connectivity index (χ1) is 19.2. The fraction of sp³-hybridized carbons (Fsp3) is 0.194. The Morgan fingerprint density at radius 1 is 0.923 bits per heavy atom. The van der Waals surface area contributed by atoms with Crippen LogP contribution in [0.25, 0.3) is 0 Å². The molecule has 0 saturated heterocycles. The van der Waals surface area contributed by atoms with Crippen LogP contribution in [0, 0.1) is 0 Å². The van der Waals surface area contributed by atoms with Crippen LogP contribution in [-0.4, -0.2) is 39.3 Å². The number of ether oxygens (including phenoxy) is 2. The van der Waals surface area contributed by atoms with Gasteiger partial charge in [-0.3, -0.25) is 14.5 Å². The number of benzene rings is 2. The molecule has 0 bridgehead atoms. The fourth-order valence-corrected chi connectivity index (χ4v) is 5.01. The van der Waals surface area contributed by atoms with Crippen LogP contribution in [0.15, 0.2) is 103 Å². The Morgan fingerprint density at radius 3 is 2.64 bits per heavy atom. The number of amides is 1. The first kappa shape index (κ1) is 26.2. The summed E-state index contributed by atoms with van der Waals surface area (Å²) in [5.41, 5.74) is 3.39. The maximum atomic E-state index is 13.8. The molecular weight excluding hydrogens is 508 g/mol. The normalized spacial score (nSPS) is 10.8. The molecule has 0 aliphatic rings. The standard InChI is InChI=1S/C31H30N4O3S/c1-37-30-20-25(11-12-29(30)38-17-13-28-10-5-18-39-28)21-34(23-27-9-2-3-14-32-27)31(36)26-8-4-7-24(19-26)22-35-16-6-15-33-35/h2-12,14-16,18-20H,13,17,21-23H2,1H3. The molecule has 3 heterocycles. The van der Waals surface area contributed by atoms with Crippen molar-refractivity contribution in [3.63, 3.8) is 0 Å². The van der Waals surface area contributed by atoms with Crippen molar-refractivity contribution in [2.45, 2.75) is 26.1 Å². The van der Waals surface area contributed by atoms with Crippen LogP contribution in [0.2, 0.25) is 0 Å². The molecule has 5 rings (SSSR count). The van der Waals surface area contributed by atoms with E-state index >= 15 is 0 Å². The molecule has 1 amide bonds. The van der Waals surface area contributed by atoms with Gasteiger partial charge in [0.25, 0.3) is 5.91 Å². The van der Waals surface area contributed by atoms with Gasteiger partial charge in [-0.15, -0.1) is 11.3 Å². The highest BCUT2D eigenvalue weighted by Crippen LogP contribution is 2.29. The molecule has 7 nitrogen and oxygen atoms in total. The number of methoxy groups -OCH3 is 1. The first-order valence-corrected chi connectivity index (χ1v) is 13.6. The number of carbonyl (C=O) groups is 1.